The van der Waals surface area contributed by atoms with E-state index in [1.54, 1.807) is 0 Å². The predicted molar refractivity (Wildman–Crippen MR) is 82.2 cm³/mol. The maximum absolute atomic E-state index is 12.6. The van der Waals surface area contributed by atoms with Gasteiger partial charge in [-0.15, -0.1) is 0 Å². The molecule has 0 aromatic heterocycles. The van der Waals surface area contributed by atoms with E-state index in [4.69, 9.17) is 0 Å². The third-order valence-corrected chi connectivity index (χ3v) is 4.10. The molecule has 0 saturated carbocycles. The van der Waals surface area contributed by atoms with E-state index in [0.29, 0.717) is 13.0 Å². The van der Waals surface area contributed by atoms with Crippen LogP contribution in [0.15, 0.2) is 54.6 Å². The van der Waals surface area contributed by atoms with Gasteiger partial charge in [-0.25, -0.2) is 0 Å². The Morgan fingerprint density at radius 2 is 1.76 bits per heavy atom. The largest absolute Gasteiger partial charge is 0.394 e. The Balaban J connectivity index is 1.81. The molecule has 2 aromatic carbocycles. The summed E-state index contributed by atoms with van der Waals surface area (Å²) in [5, 5.41) is 9.71. The summed E-state index contributed by atoms with van der Waals surface area (Å²) in [7, 11) is 0. The minimum Gasteiger partial charge on any atom is -0.394 e. The van der Waals surface area contributed by atoms with Crippen molar-refractivity contribution >= 4 is 5.91 Å². The zero-order valence-corrected chi connectivity index (χ0v) is 11.9. The SMILES string of the molecule is O=C1c2ccccc2CCN1C(CO)Cc1ccccc1. The first-order valence-electron chi connectivity index (χ1n) is 7.33. The Labute approximate surface area is 124 Å². The Morgan fingerprint density at radius 3 is 2.52 bits per heavy atom. The molecule has 108 valence electrons. The van der Waals surface area contributed by atoms with Crippen molar-refractivity contribution in [3.63, 3.8) is 0 Å². The van der Waals surface area contributed by atoms with E-state index in [0.717, 1.165) is 23.1 Å². The highest BCUT2D eigenvalue weighted by Crippen LogP contribution is 2.21. The second-order valence-corrected chi connectivity index (χ2v) is 5.43. The third-order valence-electron chi connectivity index (χ3n) is 4.10. The molecule has 3 nitrogen and oxygen atoms in total. The molecule has 1 aliphatic heterocycles. The Kier molecular flexibility index (Phi) is 4.02. The summed E-state index contributed by atoms with van der Waals surface area (Å²) in [5.41, 5.74) is 3.02. The van der Waals surface area contributed by atoms with E-state index in [1.165, 1.54) is 0 Å². The standard InChI is InChI=1S/C18H19NO2/c20-13-16(12-14-6-2-1-3-7-14)19-11-10-15-8-4-5-9-17(15)18(19)21/h1-9,16,20H,10-13H2. The van der Waals surface area contributed by atoms with Gasteiger partial charge < -0.3 is 10.0 Å². The molecule has 1 amide bonds. The number of rotatable bonds is 4. The van der Waals surface area contributed by atoms with Gasteiger partial charge >= 0.3 is 0 Å². The first-order valence-corrected chi connectivity index (χ1v) is 7.33. The smallest absolute Gasteiger partial charge is 0.254 e. The molecule has 3 heteroatoms. The van der Waals surface area contributed by atoms with Crippen molar-refractivity contribution in [2.45, 2.75) is 18.9 Å². The molecule has 1 N–H and O–H groups in total. The second-order valence-electron chi connectivity index (χ2n) is 5.43. The molecular weight excluding hydrogens is 262 g/mol. The lowest BCUT2D eigenvalue weighted by Gasteiger charge is -2.34. The van der Waals surface area contributed by atoms with Gasteiger partial charge in [0.25, 0.3) is 5.91 Å². The fourth-order valence-corrected chi connectivity index (χ4v) is 2.95. The van der Waals surface area contributed by atoms with Gasteiger partial charge in [-0.05, 0) is 30.0 Å². The quantitative estimate of drug-likeness (QED) is 0.934. The van der Waals surface area contributed by atoms with Crippen LogP contribution in [0.1, 0.15) is 21.5 Å². The van der Waals surface area contributed by atoms with Crippen LogP contribution in [0.25, 0.3) is 0 Å². The minimum absolute atomic E-state index is 0.0111. The average Bonchev–Trinajstić information content (AvgIpc) is 2.55. The van der Waals surface area contributed by atoms with E-state index < -0.39 is 0 Å². The highest BCUT2D eigenvalue weighted by molar-refractivity contribution is 5.97. The molecular formula is C18H19NO2. The van der Waals surface area contributed by atoms with Crippen LogP contribution in [0, 0.1) is 0 Å². The number of nitrogens with zero attached hydrogens (tertiary/aromatic N) is 1. The van der Waals surface area contributed by atoms with E-state index in [1.807, 2.05) is 59.5 Å². The van der Waals surface area contributed by atoms with Crippen LogP contribution in [0.2, 0.25) is 0 Å². The fourth-order valence-electron chi connectivity index (χ4n) is 2.95. The van der Waals surface area contributed by atoms with E-state index in [2.05, 4.69) is 0 Å². The molecule has 1 aliphatic rings. The number of aliphatic hydroxyl groups is 1. The maximum Gasteiger partial charge on any atom is 0.254 e. The lowest BCUT2D eigenvalue weighted by molar-refractivity contribution is 0.0573. The van der Waals surface area contributed by atoms with Crippen molar-refractivity contribution in [2.24, 2.45) is 0 Å². The van der Waals surface area contributed by atoms with Crippen LogP contribution in [-0.4, -0.2) is 35.1 Å². The molecule has 1 atom stereocenters. The van der Waals surface area contributed by atoms with Crippen molar-refractivity contribution in [1.29, 1.82) is 0 Å². The molecule has 2 aromatic rings. The van der Waals surface area contributed by atoms with Gasteiger partial charge in [0.05, 0.1) is 12.6 Å². The topological polar surface area (TPSA) is 40.5 Å². The number of hydrogen-bond acceptors (Lipinski definition) is 2. The molecule has 21 heavy (non-hydrogen) atoms. The van der Waals surface area contributed by atoms with Crippen LogP contribution in [0.3, 0.4) is 0 Å². The summed E-state index contributed by atoms with van der Waals surface area (Å²) in [6.07, 6.45) is 1.54. The van der Waals surface area contributed by atoms with Crippen molar-refractivity contribution in [3.8, 4) is 0 Å². The van der Waals surface area contributed by atoms with Gasteiger partial charge in [0.1, 0.15) is 0 Å². The molecule has 0 bridgehead atoms. The number of carbonyl (C=O) groups excluding carboxylic acids is 1. The maximum atomic E-state index is 12.6. The monoisotopic (exact) mass is 281 g/mol. The van der Waals surface area contributed by atoms with Gasteiger partial charge in [-0.2, -0.15) is 0 Å². The van der Waals surface area contributed by atoms with Gasteiger partial charge in [0.15, 0.2) is 0 Å². The Bertz CT molecular complexity index is 624. The molecule has 0 radical (unpaired) electrons. The Hall–Kier alpha value is -2.13. The van der Waals surface area contributed by atoms with E-state index >= 15 is 0 Å². The van der Waals surface area contributed by atoms with Crippen LogP contribution in [-0.2, 0) is 12.8 Å². The van der Waals surface area contributed by atoms with Crippen molar-refractivity contribution < 1.29 is 9.90 Å². The second kappa shape index (κ2) is 6.10. The predicted octanol–water partition coefficient (Wildman–Crippen LogP) is 2.29. The molecule has 3 rings (SSSR count). The summed E-state index contributed by atoms with van der Waals surface area (Å²) in [6.45, 7) is 0.663. The van der Waals surface area contributed by atoms with Gasteiger partial charge in [-0.3, -0.25) is 4.79 Å². The van der Waals surface area contributed by atoms with Crippen molar-refractivity contribution in [2.75, 3.05) is 13.2 Å². The molecule has 0 aliphatic carbocycles. The number of carbonyl (C=O) groups is 1. The highest BCUT2D eigenvalue weighted by atomic mass is 16.3. The number of benzene rings is 2. The van der Waals surface area contributed by atoms with E-state index in [-0.39, 0.29) is 18.6 Å². The third kappa shape index (κ3) is 2.83. The van der Waals surface area contributed by atoms with Gasteiger partial charge in [-0.1, -0.05) is 48.5 Å². The molecule has 0 fully saturated rings. The lowest BCUT2D eigenvalue weighted by atomic mass is 9.96. The summed E-state index contributed by atoms with van der Waals surface area (Å²) < 4.78 is 0. The molecule has 0 saturated heterocycles. The van der Waals surface area contributed by atoms with Crippen LogP contribution >= 0.6 is 0 Å². The summed E-state index contributed by atoms with van der Waals surface area (Å²) in [6, 6.07) is 17.6. The zero-order valence-electron chi connectivity index (χ0n) is 11.9. The number of fused-ring (bicyclic) bond motifs is 1. The van der Waals surface area contributed by atoms with Crippen molar-refractivity contribution in [3.05, 3.63) is 71.3 Å². The summed E-state index contributed by atoms with van der Waals surface area (Å²) in [4.78, 5) is 14.4. The highest BCUT2D eigenvalue weighted by Gasteiger charge is 2.29. The lowest BCUT2D eigenvalue weighted by Crippen LogP contribution is -2.47. The number of hydrogen-bond donors (Lipinski definition) is 1. The first kappa shape index (κ1) is 13.8. The van der Waals surface area contributed by atoms with Crippen LogP contribution in [0.5, 0.6) is 0 Å². The minimum atomic E-state index is -0.159. The first-order chi connectivity index (χ1) is 10.3. The normalized spacial score (nSPS) is 15.7. The zero-order chi connectivity index (χ0) is 14.7. The Morgan fingerprint density at radius 1 is 1.05 bits per heavy atom. The van der Waals surface area contributed by atoms with Crippen LogP contribution < -0.4 is 0 Å². The van der Waals surface area contributed by atoms with Gasteiger partial charge in [0.2, 0.25) is 0 Å². The molecule has 0 spiro atoms. The summed E-state index contributed by atoms with van der Waals surface area (Å²) in [5.74, 6) is 0.0341. The average molecular weight is 281 g/mol. The summed E-state index contributed by atoms with van der Waals surface area (Å²) >= 11 is 0. The van der Waals surface area contributed by atoms with Crippen molar-refractivity contribution in [1.82, 2.24) is 4.90 Å². The van der Waals surface area contributed by atoms with Crippen LogP contribution in [0.4, 0.5) is 0 Å². The number of amides is 1. The molecule has 1 unspecified atom stereocenters. The molecule has 1 heterocycles. The fraction of sp³-hybridized carbons (Fsp3) is 0.278. The van der Waals surface area contributed by atoms with E-state index in [9.17, 15) is 9.90 Å². The van der Waals surface area contributed by atoms with Gasteiger partial charge in [0, 0.05) is 12.1 Å². The number of aliphatic hydroxyl groups excluding tert-OH is 1.